The Hall–Kier alpha value is -7.30. The molecule has 1 aliphatic rings. The van der Waals surface area contributed by atoms with Crippen molar-refractivity contribution in [1.29, 1.82) is 0 Å². The number of hydrogen-bond donors (Lipinski definition) is 0. The molecule has 1 N–H and O–H groups in total. The first-order valence-electron chi connectivity index (χ1n) is 19.1. The number of nitrogens with one attached hydrogen (secondary N) is 1. The molecule has 0 amide bonds. The third-order valence-electron chi connectivity index (χ3n) is 11.1. The van der Waals surface area contributed by atoms with Crippen molar-refractivity contribution in [2.45, 2.75) is 12.8 Å². The second kappa shape index (κ2) is 13.2. The average molecular weight is 720 g/mol. The number of nitrogens with zero attached hydrogens (tertiary/aromatic N) is 1. The first kappa shape index (κ1) is 32.2. The molecule has 11 rings (SSSR count). The van der Waals surface area contributed by atoms with Crippen molar-refractivity contribution in [2.24, 2.45) is 0 Å². The zero-order valence-electron chi connectivity index (χ0n) is 30.5. The highest BCUT2D eigenvalue weighted by molar-refractivity contribution is 6.06. The van der Waals surface area contributed by atoms with Crippen LogP contribution in [0.2, 0.25) is 0 Å². The van der Waals surface area contributed by atoms with E-state index in [4.69, 9.17) is 13.8 Å². The number of aromatic amines is 1. The van der Waals surface area contributed by atoms with Crippen LogP contribution in [0.1, 0.15) is 23.3 Å². The van der Waals surface area contributed by atoms with Gasteiger partial charge in [0.05, 0.1) is 5.56 Å². The predicted molar refractivity (Wildman–Crippen MR) is 228 cm³/mol. The first-order valence-corrected chi connectivity index (χ1v) is 19.1. The molecule has 0 saturated carbocycles. The lowest BCUT2D eigenvalue weighted by molar-refractivity contribution is -0.355. The van der Waals surface area contributed by atoms with Crippen LogP contribution in [0.15, 0.2) is 185 Å². The maximum absolute atomic E-state index is 6.57. The van der Waals surface area contributed by atoms with Gasteiger partial charge in [-0.25, -0.2) is 4.98 Å². The summed E-state index contributed by atoms with van der Waals surface area (Å²) in [6.07, 6.45) is 4.11. The van der Waals surface area contributed by atoms with Crippen LogP contribution in [0.25, 0.3) is 101 Å². The monoisotopic (exact) mass is 719 g/mol. The number of furan rings is 2. The number of fused-ring (bicyclic) bond motifs is 6. The Morgan fingerprint density at radius 2 is 1.09 bits per heavy atom. The minimum absolute atomic E-state index is 0.802. The van der Waals surface area contributed by atoms with Crippen LogP contribution in [0.5, 0.6) is 0 Å². The first-order chi connectivity index (χ1) is 27.7. The molecule has 264 valence electrons. The number of aryl methyl sites for hydroxylation is 1. The molecule has 0 saturated heterocycles. The van der Waals surface area contributed by atoms with Gasteiger partial charge in [0.1, 0.15) is 28.2 Å². The molecule has 0 fully saturated rings. The third-order valence-corrected chi connectivity index (χ3v) is 11.1. The zero-order valence-corrected chi connectivity index (χ0v) is 30.5. The van der Waals surface area contributed by atoms with Crippen molar-refractivity contribution in [2.75, 3.05) is 0 Å². The van der Waals surface area contributed by atoms with Crippen molar-refractivity contribution < 1.29 is 13.8 Å². The molecule has 0 atom stereocenters. The molecule has 56 heavy (non-hydrogen) atoms. The van der Waals surface area contributed by atoms with E-state index >= 15 is 0 Å². The third kappa shape index (κ3) is 5.62. The van der Waals surface area contributed by atoms with E-state index < -0.39 is 0 Å². The molecule has 7 aromatic carbocycles. The lowest BCUT2D eigenvalue weighted by atomic mass is 9.89. The van der Waals surface area contributed by atoms with Gasteiger partial charge in [0, 0.05) is 45.3 Å². The Labute approximate surface area is 324 Å². The van der Waals surface area contributed by atoms with Gasteiger partial charge in [-0.2, -0.15) is 0 Å². The Bertz CT molecular complexity index is 3120. The lowest BCUT2D eigenvalue weighted by Gasteiger charge is -2.14. The van der Waals surface area contributed by atoms with E-state index in [0.29, 0.717) is 0 Å². The van der Waals surface area contributed by atoms with Gasteiger partial charge in [0.15, 0.2) is 5.69 Å². The maximum Gasteiger partial charge on any atom is 0.329 e. The highest BCUT2D eigenvalue weighted by Crippen LogP contribution is 2.42. The van der Waals surface area contributed by atoms with Crippen molar-refractivity contribution in [3.05, 3.63) is 193 Å². The number of H-pyrrole nitrogens is 1. The summed E-state index contributed by atoms with van der Waals surface area (Å²) in [5.41, 5.74) is 16.0. The minimum atomic E-state index is 0.802. The number of allylic oxidation sites excluding steroid dienone is 1. The van der Waals surface area contributed by atoms with Crippen molar-refractivity contribution in [1.82, 2.24) is 4.98 Å². The Morgan fingerprint density at radius 1 is 0.446 bits per heavy atom. The standard InChI is InChI=1S/C52H34N2O2/c1-3-11-33(12-4-1)34-21-23-35(24-22-34)38-26-28-48-44(30-38)51-43(18-10-20-49(51)55-48)46-32-45(53-52(54-46)36-13-5-2-6-14-36)40-16-9-15-37(29-40)39-25-27-42-41-17-7-8-19-47(41)56-50(42)31-39/h1-25,27,29-32H,26,28H2/p+1. The van der Waals surface area contributed by atoms with Crippen LogP contribution in [0.3, 0.4) is 0 Å². The SMILES string of the molecule is C1=C(c2ccc(-c3ccccc3)cc2)CCc2oc3cccc(-c4cc(-c5cccc(-c6ccc7c(c6)oc6ccccc67)c5)[nH+]c(-c5ccccc5)n4)c3c21. The Kier molecular flexibility index (Phi) is 7.59. The van der Waals surface area contributed by atoms with Crippen LogP contribution in [-0.4, -0.2) is 4.98 Å². The molecule has 0 radical (unpaired) electrons. The summed E-state index contributed by atoms with van der Waals surface area (Å²) in [6, 6.07) is 61.7. The van der Waals surface area contributed by atoms with Crippen LogP contribution in [0.4, 0.5) is 0 Å². The number of hydrogen-bond acceptors (Lipinski definition) is 3. The number of aromatic nitrogens is 2. The van der Waals surface area contributed by atoms with E-state index in [1.165, 1.54) is 22.3 Å². The van der Waals surface area contributed by atoms with Gasteiger partial charge in [-0.3, -0.25) is 0 Å². The number of rotatable bonds is 6. The second-order valence-corrected chi connectivity index (χ2v) is 14.5. The van der Waals surface area contributed by atoms with E-state index in [1.807, 2.05) is 18.2 Å². The maximum atomic E-state index is 6.57. The van der Waals surface area contributed by atoms with Crippen molar-refractivity contribution in [3.63, 3.8) is 0 Å². The number of benzene rings is 7. The van der Waals surface area contributed by atoms with Gasteiger partial charge >= 0.3 is 5.82 Å². The molecular formula is C52H35N2O2+. The summed E-state index contributed by atoms with van der Waals surface area (Å²) in [4.78, 5) is 9.00. The van der Waals surface area contributed by atoms with Gasteiger partial charge in [-0.05, 0) is 99.4 Å². The highest BCUT2D eigenvalue weighted by atomic mass is 16.3. The zero-order chi connectivity index (χ0) is 37.0. The van der Waals surface area contributed by atoms with Gasteiger partial charge in [0.25, 0.3) is 0 Å². The van der Waals surface area contributed by atoms with Crippen LogP contribution < -0.4 is 4.98 Å². The summed E-state index contributed by atoms with van der Waals surface area (Å²) in [7, 11) is 0. The average Bonchev–Trinajstić information content (AvgIpc) is 3.85. The van der Waals surface area contributed by atoms with Gasteiger partial charge in [-0.15, -0.1) is 0 Å². The Morgan fingerprint density at radius 3 is 1.95 bits per heavy atom. The molecule has 0 bridgehead atoms. The molecule has 0 spiro atoms. The fourth-order valence-electron chi connectivity index (χ4n) is 8.28. The Balaban J connectivity index is 1.02. The van der Waals surface area contributed by atoms with Crippen LogP contribution in [-0.2, 0) is 6.42 Å². The molecular weight excluding hydrogens is 685 g/mol. The van der Waals surface area contributed by atoms with Crippen LogP contribution in [0, 0.1) is 0 Å². The smallest absolute Gasteiger partial charge is 0.329 e. The normalized spacial score (nSPS) is 12.6. The fourth-order valence-corrected chi connectivity index (χ4v) is 8.28. The molecule has 4 nitrogen and oxygen atoms in total. The minimum Gasteiger partial charge on any atom is -0.460 e. The van der Waals surface area contributed by atoms with E-state index in [2.05, 4.69) is 169 Å². The molecule has 0 unspecified atom stereocenters. The molecule has 1 aliphatic carbocycles. The summed E-state index contributed by atoms with van der Waals surface area (Å²) in [5.74, 6) is 1.83. The molecule has 4 heteroatoms. The summed E-state index contributed by atoms with van der Waals surface area (Å²) in [5, 5.41) is 3.35. The van der Waals surface area contributed by atoms with E-state index in [-0.39, 0.29) is 0 Å². The van der Waals surface area contributed by atoms with E-state index in [1.54, 1.807) is 0 Å². The van der Waals surface area contributed by atoms with Crippen molar-refractivity contribution >= 4 is 44.6 Å². The highest BCUT2D eigenvalue weighted by Gasteiger charge is 2.25. The molecule has 0 aliphatic heterocycles. The van der Waals surface area contributed by atoms with E-state index in [9.17, 15) is 0 Å². The lowest BCUT2D eigenvalue weighted by Crippen LogP contribution is -2.14. The fraction of sp³-hybridized carbons (Fsp3) is 0.0385. The van der Waals surface area contributed by atoms with Crippen LogP contribution >= 0.6 is 0 Å². The van der Waals surface area contributed by atoms with E-state index in [0.717, 1.165) is 102 Å². The summed E-state index contributed by atoms with van der Waals surface area (Å²) in [6.45, 7) is 0. The molecule has 10 aromatic rings. The quantitative estimate of drug-likeness (QED) is 0.172. The topological polar surface area (TPSA) is 53.3 Å². The van der Waals surface area contributed by atoms with Gasteiger partial charge in [0.2, 0.25) is 0 Å². The largest absolute Gasteiger partial charge is 0.460 e. The second-order valence-electron chi connectivity index (χ2n) is 14.5. The van der Waals surface area contributed by atoms with Gasteiger partial charge in [-0.1, -0.05) is 121 Å². The van der Waals surface area contributed by atoms with Gasteiger partial charge < -0.3 is 8.83 Å². The number of para-hydroxylation sites is 1. The molecule has 3 heterocycles. The summed E-state index contributed by atoms with van der Waals surface area (Å²) >= 11 is 0. The van der Waals surface area contributed by atoms with Crippen molar-refractivity contribution in [3.8, 4) is 56.2 Å². The predicted octanol–water partition coefficient (Wildman–Crippen LogP) is 13.4. The molecule has 3 aromatic heterocycles. The summed E-state index contributed by atoms with van der Waals surface area (Å²) < 4.78 is 12.8.